The van der Waals surface area contributed by atoms with Crippen LogP contribution in [0.3, 0.4) is 0 Å². The maximum Gasteiger partial charge on any atom is 0.320 e. The highest BCUT2D eigenvalue weighted by atomic mass is 16.5. The number of carbonyl (C=O) groups excluding carboxylic acids is 1. The first-order chi connectivity index (χ1) is 12.7. The Morgan fingerprint density at radius 1 is 1.19 bits per heavy atom. The van der Waals surface area contributed by atoms with Crippen molar-refractivity contribution < 1.29 is 9.53 Å². The van der Waals surface area contributed by atoms with Gasteiger partial charge in [-0.3, -0.25) is 9.69 Å². The van der Waals surface area contributed by atoms with Crippen molar-refractivity contribution in [1.82, 2.24) is 9.88 Å². The summed E-state index contributed by atoms with van der Waals surface area (Å²) in [5.41, 5.74) is 6.31. The summed E-state index contributed by atoms with van der Waals surface area (Å²) in [5.74, 6) is -0.160. The monoisotopic (exact) mass is 348 g/mol. The molecule has 2 aromatic carbocycles. The number of rotatable bonds is 5. The average Bonchev–Trinajstić information content (AvgIpc) is 3.03. The predicted molar refractivity (Wildman–Crippen MR) is 104 cm³/mol. The van der Waals surface area contributed by atoms with E-state index in [1.54, 1.807) is 0 Å². The van der Waals surface area contributed by atoms with Gasteiger partial charge in [0.15, 0.2) is 0 Å². The minimum absolute atomic E-state index is 0.160. The molecule has 0 spiro atoms. The average molecular weight is 348 g/mol. The molecule has 3 aromatic rings. The number of aromatic amines is 1. The summed E-state index contributed by atoms with van der Waals surface area (Å²) < 4.78 is 5.12. The Hall–Kier alpha value is -2.59. The highest BCUT2D eigenvalue weighted by Crippen LogP contribution is 2.42. The van der Waals surface area contributed by atoms with Crippen LogP contribution in [0.2, 0.25) is 0 Å². The minimum atomic E-state index is -0.160. The lowest BCUT2D eigenvalue weighted by Crippen LogP contribution is -2.32. The first kappa shape index (κ1) is 16.9. The van der Waals surface area contributed by atoms with Crippen molar-refractivity contribution in [3.63, 3.8) is 0 Å². The fourth-order valence-corrected chi connectivity index (χ4v) is 4.14. The Kier molecular flexibility index (Phi) is 4.51. The smallest absolute Gasteiger partial charge is 0.320 e. The molecule has 1 atom stereocenters. The quantitative estimate of drug-likeness (QED) is 0.699. The standard InChI is InChI=1S/C22H24N2O2/c1-3-26-20(25)14-24(2)19-13-12-17-21-16(19)10-7-11-18(21)23-22(17)15-8-5-4-6-9-15/h4-11,19,23H,3,12-14H2,1-2H3. The van der Waals surface area contributed by atoms with Crippen LogP contribution in [0.1, 0.15) is 30.5 Å². The van der Waals surface area contributed by atoms with Gasteiger partial charge in [-0.2, -0.15) is 0 Å². The van der Waals surface area contributed by atoms with Gasteiger partial charge in [-0.1, -0.05) is 42.5 Å². The first-order valence-corrected chi connectivity index (χ1v) is 9.23. The Bertz CT molecular complexity index is 930. The lowest BCUT2D eigenvalue weighted by Gasteiger charge is -2.31. The van der Waals surface area contributed by atoms with Crippen LogP contribution in [0.4, 0.5) is 0 Å². The van der Waals surface area contributed by atoms with Crippen LogP contribution < -0.4 is 0 Å². The first-order valence-electron chi connectivity index (χ1n) is 9.23. The van der Waals surface area contributed by atoms with Crippen molar-refractivity contribution in [2.45, 2.75) is 25.8 Å². The van der Waals surface area contributed by atoms with Gasteiger partial charge in [0.1, 0.15) is 0 Å². The number of carbonyl (C=O) groups is 1. The zero-order valence-corrected chi connectivity index (χ0v) is 15.3. The van der Waals surface area contributed by atoms with E-state index in [1.165, 1.54) is 33.3 Å². The van der Waals surface area contributed by atoms with Crippen molar-refractivity contribution in [3.8, 4) is 11.3 Å². The lowest BCUT2D eigenvalue weighted by atomic mass is 9.86. The van der Waals surface area contributed by atoms with Gasteiger partial charge in [-0.15, -0.1) is 0 Å². The van der Waals surface area contributed by atoms with Crippen LogP contribution in [0.25, 0.3) is 22.2 Å². The van der Waals surface area contributed by atoms with Crippen LogP contribution in [0.15, 0.2) is 48.5 Å². The number of aromatic nitrogens is 1. The van der Waals surface area contributed by atoms with E-state index in [0.29, 0.717) is 13.2 Å². The van der Waals surface area contributed by atoms with Gasteiger partial charge in [-0.25, -0.2) is 0 Å². The summed E-state index contributed by atoms with van der Waals surface area (Å²) in [7, 11) is 2.01. The lowest BCUT2D eigenvalue weighted by molar-refractivity contribution is -0.144. The Morgan fingerprint density at radius 2 is 2.00 bits per heavy atom. The molecule has 1 heterocycles. The third-order valence-corrected chi connectivity index (χ3v) is 5.27. The number of hydrogen-bond acceptors (Lipinski definition) is 3. The molecule has 26 heavy (non-hydrogen) atoms. The Labute approximate surface area is 153 Å². The molecule has 1 N–H and O–H groups in total. The molecule has 4 heteroatoms. The zero-order valence-electron chi connectivity index (χ0n) is 15.3. The van der Waals surface area contributed by atoms with Gasteiger partial charge < -0.3 is 9.72 Å². The van der Waals surface area contributed by atoms with Gasteiger partial charge in [0, 0.05) is 22.6 Å². The van der Waals surface area contributed by atoms with Crippen molar-refractivity contribution in [1.29, 1.82) is 0 Å². The largest absolute Gasteiger partial charge is 0.465 e. The SMILES string of the molecule is CCOC(=O)CN(C)C1CCc2c(-c3ccccc3)[nH]c3cccc1c23. The summed E-state index contributed by atoms with van der Waals surface area (Å²) in [6.07, 6.45) is 2.00. The molecular formula is C22H24N2O2. The van der Waals surface area contributed by atoms with Gasteiger partial charge in [0.2, 0.25) is 0 Å². The molecule has 0 bridgehead atoms. The highest BCUT2D eigenvalue weighted by molar-refractivity contribution is 5.94. The summed E-state index contributed by atoms with van der Waals surface area (Å²) in [4.78, 5) is 17.6. The fourth-order valence-electron chi connectivity index (χ4n) is 4.14. The number of esters is 1. The normalized spacial score (nSPS) is 16.2. The molecule has 4 rings (SSSR count). The molecule has 0 saturated heterocycles. The van der Waals surface area contributed by atoms with Gasteiger partial charge >= 0.3 is 5.97 Å². The fraction of sp³-hybridized carbons (Fsp3) is 0.318. The van der Waals surface area contributed by atoms with E-state index in [9.17, 15) is 4.79 Å². The molecule has 0 amide bonds. The number of aryl methyl sites for hydroxylation is 1. The predicted octanol–water partition coefficient (Wildman–Crippen LogP) is 4.32. The van der Waals surface area contributed by atoms with E-state index < -0.39 is 0 Å². The second-order valence-corrected chi connectivity index (χ2v) is 6.89. The van der Waals surface area contributed by atoms with E-state index >= 15 is 0 Å². The number of hydrogen-bond donors (Lipinski definition) is 1. The second-order valence-electron chi connectivity index (χ2n) is 6.89. The molecule has 0 fully saturated rings. The number of likely N-dealkylation sites (N-methyl/N-ethyl adjacent to an activating group) is 1. The van der Waals surface area contributed by atoms with E-state index in [1.807, 2.05) is 20.0 Å². The minimum Gasteiger partial charge on any atom is -0.465 e. The maximum atomic E-state index is 11.9. The number of ether oxygens (including phenoxy) is 1. The molecule has 1 unspecified atom stereocenters. The highest BCUT2D eigenvalue weighted by Gasteiger charge is 2.29. The Balaban J connectivity index is 1.74. The van der Waals surface area contributed by atoms with Crippen molar-refractivity contribution >= 4 is 16.9 Å². The molecule has 0 radical (unpaired) electrons. The third-order valence-electron chi connectivity index (χ3n) is 5.27. The number of nitrogens with zero attached hydrogens (tertiary/aromatic N) is 1. The van der Waals surface area contributed by atoms with Gasteiger partial charge in [0.05, 0.1) is 13.2 Å². The molecule has 0 saturated carbocycles. The number of H-pyrrole nitrogens is 1. The van der Waals surface area contributed by atoms with Crippen molar-refractivity contribution in [2.75, 3.05) is 20.2 Å². The molecule has 134 valence electrons. The summed E-state index contributed by atoms with van der Waals surface area (Å²) >= 11 is 0. The van der Waals surface area contributed by atoms with Crippen molar-refractivity contribution in [2.24, 2.45) is 0 Å². The van der Waals surface area contributed by atoms with E-state index in [0.717, 1.165) is 12.8 Å². The van der Waals surface area contributed by atoms with Crippen LogP contribution in [0.5, 0.6) is 0 Å². The summed E-state index contributed by atoms with van der Waals surface area (Å²) in [5, 5.41) is 1.32. The third kappa shape index (κ3) is 2.90. The van der Waals surface area contributed by atoms with E-state index in [4.69, 9.17) is 4.74 Å². The topological polar surface area (TPSA) is 45.3 Å². The molecule has 0 aliphatic heterocycles. The van der Waals surface area contributed by atoms with Crippen LogP contribution in [0, 0.1) is 0 Å². The second kappa shape index (κ2) is 6.96. The molecule has 1 aliphatic carbocycles. The molecule has 1 aromatic heterocycles. The van der Waals surface area contributed by atoms with E-state index in [-0.39, 0.29) is 12.0 Å². The maximum absolute atomic E-state index is 11.9. The molecule has 1 aliphatic rings. The van der Waals surface area contributed by atoms with Crippen LogP contribution >= 0.6 is 0 Å². The van der Waals surface area contributed by atoms with Crippen LogP contribution in [-0.4, -0.2) is 36.1 Å². The Morgan fingerprint density at radius 3 is 2.77 bits per heavy atom. The van der Waals surface area contributed by atoms with E-state index in [2.05, 4.69) is 52.3 Å². The summed E-state index contributed by atoms with van der Waals surface area (Å²) in [6.45, 7) is 2.59. The van der Waals surface area contributed by atoms with Gasteiger partial charge in [0.25, 0.3) is 0 Å². The zero-order chi connectivity index (χ0) is 18.1. The molecule has 4 nitrogen and oxygen atoms in total. The van der Waals surface area contributed by atoms with Crippen molar-refractivity contribution in [3.05, 3.63) is 59.7 Å². The summed E-state index contributed by atoms with van der Waals surface area (Å²) in [6, 6.07) is 17.2. The number of benzene rings is 2. The molecular weight excluding hydrogens is 324 g/mol. The van der Waals surface area contributed by atoms with Crippen LogP contribution in [-0.2, 0) is 16.0 Å². The van der Waals surface area contributed by atoms with Gasteiger partial charge in [-0.05, 0) is 49.6 Å². The number of nitrogens with one attached hydrogen (secondary N) is 1.